The van der Waals surface area contributed by atoms with Crippen LogP contribution in [0, 0.1) is 6.92 Å². The fraction of sp³-hybridized carbons (Fsp3) is 0.214. The summed E-state index contributed by atoms with van der Waals surface area (Å²) >= 11 is 0. The molecule has 0 heterocycles. The van der Waals surface area contributed by atoms with Crippen molar-refractivity contribution in [2.24, 2.45) is 5.73 Å². The molecule has 0 aliphatic heterocycles. The lowest BCUT2D eigenvalue weighted by molar-refractivity contribution is -0.117. The van der Waals surface area contributed by atoms with Crippen molar-refractivity contribution in [3.63, 3.8) is 0 Å². The van der Waals surface area contributed by atoms with Gasteiger partial charge in [0.15, 0.2) is 0 Å². The van der Waals surface area contributed by atoms with Gasteiger partial charge in [0, 0.05) is 6.42 Å². The minimum absolute atomic E-state index is 0.243. The maximum Gasteiger partial charge on any atom is 0.217 e. The predicted molar refractivity (Wildman–Crippen MR) is 66.2 cm³/mol. The standard InChI is InChI=1S/C14H15NO/c1-10-11(8-9-14(15)16)6-7-12-4-2-3-5-13(10)12/h2-7H,8-9H2,1H3,(H2,15,16). The van der Waals surface area contributed by atoms with E-state index in [9.17, 15) is 4.79 Å². The molecule has 0 unspecified atom stereocenters. The summed E-state index contributed by atoms with van der Waals surface area (Å²) in [6.45, 7) is 2.10. The molecule has 0 saturated carbocycles. The van der Waals surface area contributed by atoms with E-state index in [1.165, 1.54) is 21.9 Å². The minimum Gasteiger partial charge on any atom is -0.370 e. The smallest absolute Gasteiger partial charge is 0.217 e. The Morgan fingerprint density at radius 3 is 2.69 bits per heavy atom. The van der Waals surface area contributed by atoms with Gasteiger partial charge in [0.2, 0.25) is 5.91 Å². The molecule has 2 nitrogen and oxygen atoms in total. The number of amides is 1. The van der Waals surface area contributed by atoms with Crippen LogP contribution in [0.4, 0.5) is 0 Å². The molecule has 0 fully saturated rings. The summed E-state index contributed by atoms with van der Waals surface area (Å²) in [5.41, 5.74) is 7.62. The highest BCUT2D eigenvalue weighted by Crippen LogP contribution is 2.22. The molecule has 2 heteroatoms. The van der Waals surface area contributed by atoms with E-state index < -0.39 is 0 Å². The monoisotopic (exact) mass is 213 g/mol. The Bertz CT molecular complexity index is 531. The van der Waals surface area contributed by atoms with Gasteiger partial charge in [-0.2, -0.15) is 0 Å². The molecule has 0 atom stereocenters. The first-order valence-corrected chi connectivity index (χ1v) is 5.44. The third-order valence-electron chi connectivity index (χ3n) is 2.95. The van der Waals surface area contributed by atoms with Crippen molar-refractivity contribution in [1.82, 2.24) is 0 Å². The molecule has 0 bridgehead atoms. The van der Waals surface area contributed by atoms with Gasteiger partial charge in [0.1, 0.15) is 0 Å². The normalized spacial score (nSPS) is 10.6. The van der Waals surface area contributed by atoms with Gasteiger partial charge in [-0.05, 0) is 35.2 Å². The summed E-state index contributed by atoms with van der Waals surface area (Å²) < 4.78 is 0. The number of hydrogen-bond acceptors (Lipinski definition) is 1. The summed E-state index contributed by atoms with van der Waals surface area (Å²) in [6.07, 6.45) is 1.14. The fourth-order valence-corrected chi connectivity index (χ4v) is 2.00. The Labute approximate surface area is 95.1 Å². The molecule has 0 spiro atoms. The molecule has 0 aromatic heterocycles. The number of carbonyl (C=O) groups excluding carboxylic acids is 1. The summed E-state index contributed by atoms with van der Waals surface area (Å²) in [6, 6.07) is 12.5. The number of hydrogen-bond donors (Lipinski definition) is 1. The summed E-state index contributed by atoms with van der Waals surface area (Å²) in [5.74, 6) is -0.243. The van der Waals surface area contributed by atoms with Crippen LogP contribution >= 0.6 is 0 Å². The SMILES string of the molecule is Cc1c(CCC(N)=O)ccc2ccccc12. The van der Waals surface area contributed by atoms with Crippen LogP contribution in [0.15, 0.2) is 36.4 Å². The molecule has 0 radical (unpaired) electrons. The number of rotatable bonds is 3. The second kappa shape index (κ2) is 4.35. The van der Waals surface area contributed by atoms with Crippen molar-refractivity contribution in [2.75, 3.05) is 0 Å². The van der Waals surface area contributed by atoms with Crippen LogP contribution in [0.1, 0.15) is 17.5 Å². The Balaban J connectivity index is 2.40. The van der Waals surface area contributed by atoms with Gasteiger partial charge in [-0.15, -0.1) is 0 Å². The van der Waals surface area contributed by atoms with Gasteiger partial charge in [0.25, 0.3) is 0 Å². The van der Waals surface area contributed by atoms with Crippen LogP contribution in [-0.4, -0.2) is 5.91 Å². The molecule has 2 aromatic carbocycles. The predicted octanol–water partition coefficient (Wildman–Crippen LogP) is 2.57. The number of nitrogens with two attached hydrogens (primary N) is 1. The van der Waals surface area contributed by atoms with Crippen molar-refractivity contribution < 1.29 is 4.79 Å². The van der Waals surface area contributed by atoms with E-state index in [0.29, 0.717) is 6.42 Å². The highest BCUT2D eigenvalue weighted by atomic mass is 16.1. The Morgan fingerprint density at radius 2 is 1.94 bits per heavy atom. The van der Waals surface area contributed by atoms with Crippen LogP contribution in [0.25, 0.3) is 10.8 Å². The average molecular weight is 213 g/mol. The topological polar surface area (TPSA) is 43.1 Å². The quantitative estimate of drug-likeness (QED) is 0.836. The van der Waals surface area contributed by atoms with Crippen LogP contribution < -0.4 is 5.73 Å². The van der Waals surface area contributed by atoms with E-state index in [2.05, 4.69) is 31.2 Å². The number of aryl methyl sites for hydroxylation is 2. The van der Waals surface area contributed by atoms with Gasteiger partial charge in [-0.3, -0.25) is 4.79 Å². The van der Waals surface area contributed by atoms with Crippen LogP contribution in [0.2, 0.25) is 0 Å². The van der Waals surface area contributed by atoms with Crippen molar-refractivity contribution >= 4 is 16.7 Å². The molecule has 2 aromatic rings. The Morgan fingerprint density at radius 1 is 1.19 bits per heavy atom. The van der Waals surface area contributed by atoms with Gasteiger partial charge < -0.3 is 5.73 Å². The summed E-state index contributed by atoms with van der Waals surface area (Å²) in [5, 5.41) is 2.49. The minimum atomic E-state index is -0.243. The van der Waals surface area contributed by atoms with Crippen LogP contribution in [-0.2, 0) is 11.2 Å². The third kappa shape index (κ3) is 2.06. The number of primary amides is 1. The molecule has 1 amide bonds. The van der Waals surface area contributed by atoms with E-state index in [0.717, 1.165) is 6.42 Å². The molecule has 16 heavy (non-hydrogen) atoms. The summed E-state index contributed by atoms with van der Waals surface area (Å²) in [4.78, 5) is 10.8. The zero-order valence-electron chi connectivity index (χ0n) is 9.36. The summed E-state index contributed by atoms with van der Waals surface area (Å²) in [7, 11) is 0. The lowest BCUT2D eigenvalue weighted by Crippen LogP contribution is -2.11. The number of fused-ring (bicyclic) bond motifs is 1. The largest absolute Gasteiger partial charge is 0.370 e. The molecular formula is C14H15NO. The molecule has 2 rings (SSSR count). The Hall–Kier alpha value is -1.83. The Kier molecular flexibility index (Phi) is 2.91. The van der Waals surface area contributed by atoms with E-state index in [1.807, 2.05) is 12.1 Å². The van der Waals surface area contributed by atoms with Crippen LogP contribution in [0.5, 0.6) is 0 Å². The van der Waals surface area contributed by atoms with Crippen molar-refractivity contribution in [3.8, 4) is 0 Å². The van der Waals surface area contributed by atoms with Crippen molar-refractivity contribution in [2.45, 2.75) is 19.8 Å². The first-order valence-electron chi connectivity index (χ1n) is 5.44. The van der Waals surface area contributed by atoms with Crippen LogP contribution in [0.3, 0.4) is 0 Å². The first-order chi connectivity index (χ1) is 7.68. The molecule has 2 N–H and O–H groups in total. The fourth-order valence-electron chi connectivity index (χ4n) is 2.00. The lowest BCUT2D eigenvalue weighted by atomic mass is 9.97. The maximum atomic E-state index is 10.8. The molecule has 0 aliphatic carbocycles. The highest BCUT2D eigenvalue weighted by Gasteiger charge is 2.04. The maximum absolute atomic E-state index is 10.8. The molecule has 82 valence electrons. The van der Waals surface area contributed by atoms with E-state index in [4.69, 9.17) is 5.73 Å². The van der Waals surface area contributed by atoms with Crippen molar-refractivity contribution in [1.29, 1.82) is 0 Å². The number of benzene rings is 2. The lowest BCUT2D eigenvalue weighted by Gasteiger charge is -2.08. The highest BCUT2D eigenvalue weighted by molar-refractivity contribution is 5.86. The zero-order valence-corrected chi connectivity index (χ0v) is 9.36. The third-order valence-corrected chi connectivity index (χ3v) is 2.95. The van der Waals surface area contributed by atoms with Gasteiger partial charge in [-0.25, -0.2) is 0 Å². The van der Waals surface area contributed by atoms with Crippen molar-refractivity contribution in [3.05, 3.63) is 47.5 Å². The number of carbonyl (C=O) groups is 1. The molecular weight excluding hydrogens is 198 g/mol. The van der Waals surface area contributed by atoms with Gasteiger partial charge in [0.05, 0.1) is 0 Å². The molecule has 0 saturated heterocycles. The van der Waals surface area contributed by atoms with E-state index in [-0.39, 0.29) is 5.91 Å². The van der Waals surface area contributed by atoms with Gasteiger partial charge >= 0.3 is 0 Å². The van der Waals surface area contributed by atoms with Gasteiger partial charge in [-0.1, -0.05) is 36.4 Å². The first kappa shape index (κ1) is 10.7. The average Bonchev–Trinajstić information content (AvgIpc) is 2.28. The van der Waals surface area contributed by atoms with E-state index >= 15 is 0 Å². The van der Waals surface area contributed by atoms with E-state index in [1.54, 1.807) is 0 Å². The molecule has 0 aliphatic rings. The second-order valence-corrected chi connectivity index (χ2v) is 4.04. The second-order valence-electron chi connectivity index (χ2n) is 4.04. The zero-order chi connectivity index (χ0) is 11.5.